The first-order chi connectivity index (χ1) is 13.3. The van der Waals surface area contributed by atoms with Crippen molar-refractivity contribution in [1.82, 2.24) is 0 Å². The summed E-state index contributed by atoms with van der Waals surface area (Å²) in [5, 5.41) is 20.6. The van der Waals surface area contributed by atoms with E-state index in [0.29, 0.717) is 6.42 Å². The van der Waals surface area contributed by atoms with Crippen LogP contribution >= 0.6 is 0 Å². The van der Waals surface area contributed by atoms with Crippen molar-refractivity contribution in [3.05, 3.63) is 46.6 Å². The zero-order valence-corrected chi connectivity index (χ0v) is 18.1. The SMILES string of the molecule is CC(C)=CCC[C@]1(C(=O)O)[C@@H]2CC=C(CO)[C@@H]1CC/C(C)=C/CC/C(C)=C/C2. The molecular formula is C25H38O3. The zero-order valence-electron chi connectivity index (χ0n) is 18.1. The molecule has 28 heavy (non-hydrogen) atoms. The number of carboxylic acid groups (broad SMARTS) is 1. The minimum atomic E-state index is -0.810. The van der Waals surface area contributed by atoms with Crippen LogP contribution in [-0.2, 0) is 4.79 Å². The Morgan fingerprint density at radius 2 is 1.82 bits per heavy atom. The predicted octanol–water partition coefficient (Wildman–Crippen LogP) is 6.22. The Labute approximate surface area is 170 Å². The van der Waals surface area contributed by atoms with Crippen molar-refractivity contribution in [2.75, 3.05) is 6.61 Å². The molecular weight excluding hydrogens is 348 g/mol. The molecule has 2 bridgehead atoms. The maximum atomic E-state index is 12.8. The normalized spacial score (nSPS) is 32.5. The van der Waals surface area contributed by atoms with E-state index in [0.717, 1.165) is 50.5 Å². The van der Waals surface area contributed by atoms with Crippen LogP contribution in [0, 0.1) is 17.3 Å². The Morgan fingerprint density at radius 3 is 2.46 bits per heavy atom. The molecule has 2 aliphatic carbocycles. The van der Waals surface area contributed by atoms with E-state index < -0.39 is 11.4 Å². The van der Waals surface area contributed by atoms with Gasteiger partial charge in [0.2, 0.25) is 0 Å². The van der Waals surface area contributed by atoms with Crippen LogP contribution < -0.4 is 0 Å². The average Bonchev–Trinajstić information content (AvgIpc) is 2.63. The Bertz CT molecular complexity index is 676. The molecule has 3 nitrogen and oxygen atoms in total. The second-order valence-corrected chi connectivity index (χ2v) is 9.00. The number of allylic oxidation sites excluding steroid dienone is 7. The number of hydrogen-bond acceptors (Lipinski definition) is 2. The Morgan fingerprint density at radius 1 is 1.14 bits per heavy atom. The van der Waals surface area contributed by atoms with Crippen LogP contribution in [0.15, 0.2) is 46.6 Å². The first-order valence-electron chi connectivity index (χ1n) is 10.8. The molecule has 0 saturated carbocycles. The van der Waals surface area contributed by atoms with E-state index in [2.05, 4.69) is 52.0 Å². The molecule has 2 aliphatic rings. The highest BCUT2D eigenvalue weighted by Gasteiger charge is 2.52. The van der Waals surface area contributed by atoms with Gasteiger partial charge in [-0.1, -0.05) is 41.0 Å². The number of carbonyl (C=O) groups is 1. The number of aliphatic carboxylic acids is 1. The van der Waals surface area contributed by atoms with Gasteiger partial charge in [-0.25, -0.2) is 0 Å². The molecule has 0 aromatic carbocycles. The van der Waals surface area contributed by atoms with Crippen LogP contribution in [0.4, 0.5) is 0 Å². The molecule has 3 atom stereocenters. The van der Waals surface area contributed by atoms with Gasteiger partial charge in [-0.05, 0) is 96.5 Å². The smallest absolute Gasteiger partial charge is 0.310 e. The molecule has 0 amide bonds. The lowest BCUT2D eigenvalue weighted by molar-refractivity contribution is -0.158. The van der Waals surface area contributed by atoms with Crippen molar-refractivity contribution < 1.29 is 15.0 Å². The Balaban J connectivity index is 2.53. The molecule has 3 heteroatoms. The maximum Gasteiger partial charge on any atom is 0.310 e. The number of aliphatic hydroxyl groups excluding tert-OH is 1. The van der Waals surface area contributed by atoms with Gasteiger partial charge >= 0.3 is 5.97 Å². The summed E-state index contributed by atoms with van der Waals surface area (Å²) in [4.78, 5) is 12.8. The molecule has 0 unspecified atom stereocenters. The van der Waals surface area contributed by atoms with E-state index in [1.54, 1.807) is 0 Å². The topological polar surface area (TPSA) is 57.5 Å². The predicted molar refractivity (Wildman–Crippen MR) is 116 cm³/mol. The summed E-state index contributed by atoms with van der Waals surface area (Å²) in [5.74, 6) is -0.709. The van der Waals surface area contributed by atoms with Gasteiger partial charge in [0.1, 0.15) is 0 Å². The third-order valence-electron chi connectivity index (χ3n) is 6.76. The Kier molecular flexibility index (Phi) is 8.30. The summed E-state index contributed by atoms with van der Waals surface area (Å²) < 4.78 is 0. The van der Waals surface area contributed by atoms with E-state index in [1.807, 2.05) is 0 Å². The van der Waals surface area contributed by atoms with E-state index in [-0.39, 0.29) is 18.4 Å². The van der Waals surface area contributed by atoms with Crippen molar-refractivity contribution in [2.45, 2.75) is 79.1 Å². The molecule has 2 N–H and O–H groups in total. The van der Waals surface area contributed by atoms with Gasteiger partial charge in [-0.15, -0.1) is 0 Å². The molecule has 2 rings (SSSR count). The van der Waals surface area contributed by atoms with Crippen LogP contribution in [0.2, 0.25) is 0 Å². The molecule has 156 valence electrons. The van der Waals surface area contributed by atoms with Gasteiger partial charge in [0.05, 0.1) is 12.0 Å². The molecule has 0 aliphatic heterocycles. The van der Waals surface area contributed by atoms with E-state index in [9.17, 15) is 15.0 Å². The average molecular weight is 387 g/mol. The van der Waals surface area contributed by atoms with Crippen molar-refractivity contribution in [2.24, 2.45) is 17.3 Å². The number of hydrogen-bond donors (Lipinski definition) is 2. The number of rotatable bonds is 5. The van der Waals surface area contributed by atoms with Crippen LogP contribution in [0.5, 0.6) is 0 Å². The highest BCUT2D eigenvalue weighted by Crippen LogP contribution is 2.53. The second kappa shape index (κ2) is 10.2. The minimum Gasteiger partial charge on any atom is -0.481 e. The van der Waals surface area contributed by atoms with Gasteiger partial charge in [0, 0.05) is 0 Å². The first-order valence-corrected chi connectivity index (χ1v) is 10.8. The van der Waals surface area contributed by atoms with E-state index in [1.165, 1.54) is 16.7 Å². The molecule has 0 fully saturated rings. The molecule has 0 saturated heterocycles. The number of fused-ring (bicyclic) bond motifs is 2. The third kappa shape index (κ3) is 5.26. The fourth-order valence-electron chi connectivity index (χ4n) is 5.06. The van der Waals surface area contributed by atoms with Crippen LogP contribution in [0.25, 0.3) is 0 Å². The first kappa shape index (κ1) is 22.7. The summed E-state index contributed by atoms with van der Waals surface area (Å²) in [6.07, 6.45) is 15.6. The lowest BCUT2D eigenvalue weighted by Crippen LogP contribution is -2.48. The van der Waals surface area contributed by atoms with Crippen molar-refractivity contribution in [3.63, 3.8) is 0 Å². The van der Waals surface area contributed by atoms with Crippen molar-refractivity contribution in [1.29, 1.82) is 0 Å². The fraction of sp³-hybridized carbons (Fsp3) is 0.640. The third-order valence-corrected chi connectivity index (χ3v) is 6.76. The summed E-state index contributed by atoms with van der Waals surface area (Å²) in [5.41, 5.74) is 4.03. The fourth-order valence-corrected chi connectivity index (χ4v) is 5.06. The van der Waals surface area contributed by atoms with Crippen molar-refractivity contribution in [3.8, 4) is 0 Å². The van der Waals surface area contributed by atoms with E-state index in [4.69, 9.17) is 0 Å². The summed E-state index contributed by atoms with van der Waals surface area (Å²) in [7, 11) is 0. The van der Waals surface area contributed by atoms with Crippen LogP contribution in [-0.4, -0.2) is 22.8 Å². The molecule has 0 radical (unpaired) electrons. The summed E-state index contributed by atoms with van der Waals surface area (Å²) in [6.45, 7) is 8.41. The standard InChI is InChI=1S/C25H38O3/c1-18(2)7-6-16-25(24(27)28)22-13-10-19(3)8-5-9-20(4)11-15-23(25)21(17-26)12-14-22/h7,9-10,12,22-23,26H,5-6,8,11,13-17H2,1-4H3,(H,27,28)/b19-10+,20-9+/t22-,23-,25-/m0/s1. The lowest BCUT2D eigenvalue weighted by atomic mass is 9.55. The largest absolute Gasteiger partial charge is 0.481 e. The van der Waals surface area contributed by atoms with Gasteiger partial charge in [-0.3, -0.25) is 4.79 Å². The molecule has 0 aromatic heterocycles. The minimum absolute atomic E-state index is 0.0350. The lowest BCUT2D eigenvalue weighted by Gasteiger charge is -2.47. The molecule has 0 heterocycles. The van der Waals surface area contributed by atoms with Gasteiger partial charge in [-0.2, -0.15) is 0 Å². The molecule has 0 aromatic rings. The molecule has 0 spiro atoms. The van der Waals surface area contributed by atoms with Crippen LogP contribution in [0.1, 0.15) is 79.1 Å². The quantitative estimate of drug-likeness (QED) is 0.552. The second-order valence-electron chi connectivity index (χ2n) is 9.00. The van der Waals surface area contributed by atoms with Gasteiger partial charge in [0.25, 0.3) is 0 Å². The van der Waals surface area contributed by atoms with Gasteiger partial charge in [0.15, 0.2) is 0 Å². The maximum absolute atomic E-state index is 12.8. The summed E-state index contributed by atoms with van der Waals surface area (Å²) in [6, 6.07) is 0. The Hall–Kier alpha value is -1.61. The van der Waals surface area contributed by atoms with Gasteiger partial charge < -0.3 is 10.2 Å². The van der Waals surface area contributed by atoms with Crippen LogP contribution in [0.3, 0.4) is 0 Å². The highest BCUT2D eigenvalue weighted by molar-refractivity contribution is 5.76. The number of carboxylic acids is 1. The number of aliphatic hydroxyl groups is 1. The van der Waals surface area contributed by atoms with Crippen molar-refractivity contribution >= 4 is 5.97 Å². The summed E-state index contributed by atoms with van der Waals surface area (Å²) >= 11 is 0. The highest BCUT2D eigenvalue weighted by atomic mass is 16.4. The van der Waals surface area contributed by atoms with E-state index >= 15 is 0 Å². The zero-order chi connectivity index (χ0) is 20.7. The monoisotopic (exact) mass is 386 g/mol.